The average Bonchev–Trinajstić information content (AvgIpc) is 3.27. The highest BCUT2D eigenvalue weighted by molar-refractivity contribution is 6.31. The molecule has 0 spiro atoms. The summed E-state index contributed by atoms with van der Waals surface area (Å²) in [6, 6.07) is 10.8. The lowest BCUT2D eigenvalue weighted by molar-refractivity contribution is 0.0519. The number of fused-ring (bicyclic) bond motifs is 1. The summed E-state index contributed by atoms with van der Waals surface area (Å²) in [6.07, 6.45) is 0.386. The molecule has 0 bridgehead atoms. The smallest absolute Gasteiger partial charge is 0.355 e. The summed E-state index contributed by atoms with van der Waals surface area (Å²) >= 11 is 6.13. The SMILES string of the molecule is CCOC(=O)c1[nH]c2cc(Cl)ccc2c1CCN[C@@H]1CCn2c(=O)[nH]c3cccc(c32)[C@H]1O. The predicted molar refractivity (Wildman–Crippen MR) is 127 cm³/mol. The second-order valence-electron chi connectivity index (χ2n) is 8.26. The number of H-pyrrole nitrogens is 2. The number of carbonyl (C=O) groups excluding carboxylic acids is 1. The zero-order valence-corrected chi connectivity index (χ0v) is 18.9. The van der Waals surface area contributed by atoms with Gasteiger partial charge >= 0.3 is 11.7 Å². The van der Waals surface area contributed by atoms with Crippen LogP contribution in [0.25, 0.3) is 21.9 Å². The maximum absolute atomic E-state index is 12.5. The van der Waals surface area contributed by atoms with Crippen molar-refractivity contribution in [3.63, 3.8) is 0 Å². The monoisotopic (exact) mass is 468 g/mol. The Kier molecular flexibility index (Phi) is 5.74. The van der Waals surface area contributed by atoms with Crippen LogP contribution in [0, 0.1) is 0 Å². The number of aliphatic hydroxyl groups excluding tert-OH is 1. The first-order valence-corrected chi connectivity index (χ1v) is 11.5. The standard InChI is InChI=1S/C24H25ClN4O4/c1-2-33-23(31)20-15(14-7-6-13(25)12-19(14)27-20)8-10-26-18-9-11-29-21-16(22(18)30)4-3-5-17(21)28-24(29)32/h3-7,12,18,22,26-27,30H,2,8-11H2,1H3,(H,28,32)/t18-,22-/m1/s1. The van der Waals surface area contributed by atoms with Crippen LogP contribution in [-0.4, -0.2) is 44.8 Å². The highest BCUT2D eigenvalue weighted by Crippen LogP contribution is 2.30. The molecule has 33 heavy (non-hydrogen) atoms. The molecule has 0 amide bonds. The first-order chi connectivity index (χ1) is 16.0. The van der Waals surface area contributed by atoms with Crippen LogP contribution in [0.15, 0.2) is 41.2 Å². The average molecular weight is 469 g/mol. The lowest BCUT2D eigenvalue weighted by Gasteiger charge is -2.23. The lowest BCUT2D eigenvalue weighted by Crippen LogP contribution is -2.36. The topological polar surface area (TPSA) is 112 Å². The summed E-state index contributed by atoms with van der Waals surface area (Å²) in [4.78, 5) is 30.9. The molecule has 1 aliphatic heterocycles. The van der Waals surface area contributed by atoms with Crippen molar-refractivity contribution in [3.8, 4) is 0 Å². The fourth-order valence-corrected chi connectivity index (χ4v) is 4.98. The number of hydrogen-bond donors (Lipinski definition) is 4. The number of nitrogens with zero attached hydrogens (tertiary/aromatic N) is 1. The summed E-state index contributed by atoms with van der Waals surface area (Å²) in [7, 11) is 0. The van der Waals surface area contributed by atoms with Crippen molar-refractivity contribution in [3.05, 3.63) is 68.7 Å². The number of hydrogen-bond acceptors (Lipinski definition) is 5. The summed E-state index contributed by atoms with van der Waals surface area (Å²) in [5.74, 6) is -0.403. The molecule has 0 aliphatic carbocycles. The van der Waals surface area contributed by atoms with Crippen molar-refractivity contribution in [2.24, 2.45) is 0 Å². The molecule has 0 radical (unpaired) electrons. The number of aromatic amines is 2. The number of ether oxygens (including phenoxy) is 1. The molecular weight excluding hydrogens is 444 g/mol. The first-order valence-electron chi connectivity index (χ1n) is 11.1. The van der Waals surface area contributed by atoms with E-state index in [2.05, 4.69) is 15.3 Å². The minimum Gasteiger partial charge on any atom is -0.461 e. The number of rotatable bonds is 6. The lowest BCUT2D eigenvalue weighted by atomic mass is 9.99. The van der Waals surface area contributed by atoms with Gasteiger partial charge in [0.15, 0.2) is 0 Å². The van der Waals surface area contributed by atoms with E-state index in [4.69, 9.17) is 16.3 Å². The highest BCUT2D eigenvalue weighted by Gasteiger charge is 2.28. The summed E-state index contributed by atoms with van der Waals surface area (Å²) in [5, 5.41) is 16.0. The van der Waals surface area contributed by atoms with E-state index in [-0.39, 0.29) is 18.3 Å². The Morgan fingerprint density at radius 1 is 1.27 bits per heavy atom. The number of esters is 1. The molecular formula is C24H25ClN4O4. The number of nitrogens with one attached hydrogen (secondary N) is 3. The first kappa shape index (κ1) is 21.8. The van der Waals surface area contributed by atoms with Gasteiger partial charge in [0.2, 0.25) is 0 Å². The zero-order chi connectivity index (χ0) is 23.1. The van der Waals surface area contributed by atoms with E-state index >= 15 is 0 Å². The summed E-state index contributed by atoms with van der Waals surface area (Å²) < 4.78 is 6.92. The maximum Gasteiger partial charge on any atom is 0.355 e. The largest absolute Gasteiger partial charge is 0.461 e. The molecule has 8 nitrogen and oxygen atoms in total. The molecule has 0 saturated carbocycles. The Labute approximate surface area is 194 Å². The number of carbonyl (C=O) groups is 1. The minimum absolute atomic E-state index is 0.165. The van der Waals surface area contributed by atoms with E-state index in [1.165, 1.54) is 0 Å². The Bertz CT molecular complexity index is 1400. The van der Waals surface area contributed by atoms with Crippen LogP contribution >= 0.6 is 11.6 Å². The molecule has 2 aromatic heterocycles. The Hall–Kier alpha value is -3.07. The van der Waals surface area contributed by atoms with Crippen LogP contribution in [0.5, 0.6) is 0 Å². The molecule has 2 atom stereocenters. The maximum atomic E-state index is 12.5. The van der Waals surface area contributed by atoms with E-state index in [0.29, 0.717) is 36.6 Å². The zero-order valence-electron chi connectivity index (χ0n) is 18.2. The van der Waals surface area contributed by atoms with E-state index in [9.17, 15) is 14.7 Å². The fourth-order valence-electron chi connectivity index (χ4n) is 4.80. The molecule has 5 rings (SSSR count). The Balaban J connectivity index is 1.38. The van der Waals surface area contributed by atoms with Gasteiger partial charge in [-0.1, -0.05) is 29.8 Å². The van der Waals surface area contributed by atoms with Crippen molar-refractivity contribution in [1.29, 1.82) is 0 Å². The van der Waals surface area contributed by atoms with Crippen LogP contribution in [-0.2, 0) is 17.7 Å². The third-order valence-corrected chi connectivity index (χ3v) is 6.55. The highest BCUT2D eigenvalue weighted by atomic mass is 35.5. The molecule has 1 aliphatic rings. The third kappa shape index (κ3) is 3.84. The number of halogens is 1. The van der Waals surface area contributed by atoms with Gasteiger partial charge in [0.1, 0.15) is 5.69 Å². The van der Waals surface area contributed by atoms with Crippen LogP contribution in [0.3, 0.4) is 0 Å². The fraction of sp³-hybridized carbons (Fsp3) is 0.333. The van der Waals surface area contributed by atoms with Crippen molar-refractivity contribution in [1.82, 2.24) is 19.9 Å². The number of para-hydroxylation sites is 1. The van der Waals surface area contributed by atoms with Crippen LogP contribution in [0.2, 0.25) is 5.02 Å². The molecule has 4 N–H and O–H groups in total. The van der Waals surface area contributed by atoms with Gasteiger partial charge in [0.05, 0.1) is 23.7 Å². The molecule has 4 aromatic rings. The van der Waals surface area contributed by atoms with Gasteiger partial charge in [0, 0.05) is 34.1 Å². The second kappa shape index (κ2) is 8.70. The Morgan fingerprint density at radius 3 is 2.94 bits per heavy atom. The van der Waals surface area contributed by atoms with Crippen molar-refractivity contribution >= 4 is 39.5 Å². The molecule has 0 fully saturated rings. The molecule has 9 heteroatoms. The van der Waals surface area contributed by atoms with Gasteiger partial charge in [-0.05, 0) is 50.1 Å². The normalized spacial score (nSPS) is 18.0. The van der Waals surface area contributed by atoms with Crippen LogP contribution < -0.4 is 11.0 Å². The van der Waals surface area contributed by atoms with Gasteiger partial charge in [-0.25, -0.2) is 9.59 Å². The number of benzene rings is 2. The van der Waals surface area contributed by atoms with Gasteiger partial charge < -0.3 is 25.1 Å². The molecule has 0 unspecified atom stereocenters. The van der Waals surface area contributed by atoms with E-state index in [0.717, 1.165) is 33.1 Å². The van der Waals surface area contributed by atoms with Gasteiger partial charge in [0.25, 0.3) is 0 Å². The molecule has 3 heterocycles. The summed E-state index contributed by atoms with van der Waals surface area (Å²) in [6.45, 7) is 3.09. The van der Waals surface area contributed by atoms with Crippen LogP contribution in [0.4, 0.5) is 0 Å². The number of aromatic nitrogens is 3. The predicted octanol–water partition coefficient (Wildman–Crippen LogP) is 3.28. The number of aliphatic hydroxyl groups is 1. The van der Waals surface area contributed by atoms with Gasteiger partial charge in [-0.2, -0.15) is 0 Å². The quantitative estimate of drug-likeness (QED) is 0.324. The van der Waals surface area contributed by atoms with Gasteiger partial charge in [-0.15, -0.1) is 0 Å². The number of aryl methyl sites for hydroxylation is 1. The van der Waals surface area contributed by atoms with Gasteiger partial charge in [-0.3, -0.25) is 4.57 Å². The second-order valence-corrected chi connectivity index (χ2v) is 8.69. The molecule has 172 valence electrons. The van der Waals surface area contributed by atoms with Crippen molar-refractivity contribution in [2.75, 3.05) is 13.2 Å². The van der Waals surface area contributed by atoms with E-state index < -0.39 is 12.1 Å². The minimum atomic E-state index is -0.760. The van der Waals surface area contributed by atoms with Crippen molar-refractivity contribution < 1.29 is 14.6 Å². The molecule has 2 aromatic carbocycles. The summed E-state index contributed by atoms with van der Waals surface area (Å²) in [5.41, 5.74) is 4.10. The third-order valence-electron chi connectivity index (χ3n) is 6.32. The van der Waals surface area contributed by atoms with E-state index in [1.54, 1.807) is 23.6 Å². The van der Waals surface area contributed by atoms with Crippen LogP contribution in [0.1, 0.15) is 41.1 Å². The Morgan fingerprint density at radius 2 is 2.12 bits per heavy atom. The van der Waals surface area contributed by atoms with E-state index in [1.807, 2.05) is 24.3 Å². The van der Waals surface area contributed by atoms with Crippen molar-refractivity contribution in [2.45, 2.75) is 38.5 Å². The molecule has 0 saturated heterocycles. The number of imidazole rings is 1.